The predicted octanol–water partition coefficient (Wildman–Crippen LogP) is 3.42. The molecule has 6 heteroatoms. The van der Waals surface area contributed by atoms with Gasteiger partial charge < -0.3 is 10.1 Å². The summed E-state index contributed by atoms with van der Waals surface area (Å²) in [4.78, 5) is 27.2. The van der Waals surface area contributed by atoms with Gasteiger partial charge in [0.1, 0.15) is 5.52 Å². The number of H-pyrrole nitrogens is 1. The number of benzene rings is 2. The first-order valence-electron chi connectivity index (χ1n) is 8.50. The Morgan fingerprint density at radius 3 is 2.65 bits per heavy atom. The minimum atomic E-state index is -1.10. The largest absolute Gasteiger partial charge is 0.476 e. The van der Waals surface area contributed by atoms with E-state index in [9.17, 15) is 14.7 Å². The summed E-state index contributed by atoms with van der Waals surface area (Å²) in [6.07, 6.45) is 3.49. The molecule has 0 saturated heterocycles. The van der Waals surface area contributed by atoms with Crippen LogP contribution in [0.5, 0.6) is 0 Å². The number of carboxylic acids is 1. The van der Waals surface area contributed by atoms with E-state index >= 15 is 0 Å². The molecule has 1 fully saturated rings. The number of hydrogen-bond donors (Lipinski definition) is 2. The number of nitrogens with zero attached hydrogens (tertiary/aromatic N) is 2. The Labute approximate surface area is 147 Å². The van der Waals surface area contributed by atoms with Crippen LogP contribution in [0, 0.1) is 0 Å². The second kappa shape index (κ2) is 5.29. The van der Waals surface area contributed by atoms with Crippen molar-refractivity contribution in [3.63, 3.8) is 0 Å². The number of hydrogen-bond acceptors (Lipinski definition) is 3. The van der Waals surface area contributed by atoms with Crippen LogP contribution in [-0.2, 0) is 0 Å². The topological polar surface area (TPSA) is 87.5 Å². The minimum absolute atomic E-state index is 0.0198. The Hall–Kier alpha value is -3.41. The fourth-order valence-electron chi connectivity index (χ4n) is 3.52. The molecule has 1 aliphatic rings. The SMILES string of the molecule is O=C(O)c1nn2cc(-c3ccc4ccccc4c3)[nH]c(=O)c2c1C1CC1. The fraction of sp³-hybridized carbons (Fsp3) is 0.150. The first-order valence-corrected chi connectivity index (χ1v) is 8.50. The lowest BCUT2D eigenvalue weighted by molar-refractivity contribution is 0.0689. The van der Waals surface area contributed by atoms with Gasteiger partial charge in [-0.1, -0.05) is 36.4 Å². The van der Waals surface area contributed by atoms with Gasteiger partial charge in [-0.2, -0.15) is 5.10 Å². The van der Waals surface area contributed by atoms with Crippen LogP contribution in [0.1, 0.15) is 34.8 Å². The van der Waals surface area contributed by atoms with E-state index in [4.69, 9.17) is 0 Å². The van der Waals surface area contributed by atoms with Gasteiger partial charge in [0, 0.05) is 11.1 Å². The molecule has 0 spiro atoms. The highest BCUT2D eigenvalue weighted by Gasteiger charge is 2.34. The molecule has 26 heavy (non-hydrogen) atoms. The average Bonchev–Trinajstić information content (AvgIpc) is 3.40. The molecule has 2 N–H and O–H groups in total. The molecule has 0 radical (unpaired) electrons. The molecule has 2 aromatic heterocycles. The van der Waals surface area contributed by atoms with Gasteiger partial charge in [-0.3, -0.25) is 4.79 Å². The number of aromatic carboxylic acids is 1. The van der Waals surface area contributed by atoms with E-state index in [1.807, 2.05) is 42.5 Å². The van der Waals surface area contributed by atoms with Gasteiger partial charge in [0.25, 0.3) is 5.56 Å². The minimum Gasteiger partial charge on any atom is -0.476 e. The van der Waals surface area contributed by atoms with E-state index < -0.39 is 5.97 Å². The van der Waals surface area contributed by atoms with E-state index in [1.54, 1.807) is 6.20 Å². The zero-order valence-corrected chi connectivity index (χ0v) is 13.8. The molecular weight excluding hydrogens is 330 g/mol. The normalized spacial score (nSPS) is 14.2. The average molecular weight is 345 g/mol. The molecule has 128 valence electrons. The monoisotopic (exact) mass is 345 g/mol. The van der Waals surface area contributed by atoms with Gasteiger partial charge in [0.05, 0.1) is 11.9 Å². The molecule has 1 aliphatic carbocycles. The highest BCUT2D eigenvalue weighted by Crippen LogP contribution is 2.43. The highest BCUT2D eigenvalue weighted by molar-refractivity contribution is 5.91. The van der Waals surface area contributed by atoms with Crippen LogP contribution in [-0.4, -0.2) is 25.7 Å². The van der Waals surface area contributed by atoms with Crippen LogP contribution >= 0.6 is 0 Å². The lowest BCUT2D eigenvalue weighted by atomic mass is 10.1. The third-order valence-electron chi connectivity index (χ3n) is 4.91. The summed E-state index contributed by atoms with van der Waals surface area (Å²) in [5.74, 6) is -0.978. The molecule has 0 bridgehead atoms. The standard InChI is InChI=1S/C20H15N3O3/c24-19-18-16(12-6-7-12)17(20(25)26)22-23(18)10-15(21-19)14-8-5-11-3-1-2-4-13(11)9-14/h1-5,8-10,12H,6-7H2,(H,21,24)(H,25,26). The number of carboxylic acid groups (broad SMARTS) is 1. The number of carbonyl (C=O) groups is 1. The van der Waals surface area contributed by atoms with E-state index in [1.165, 1.54) is 4.52 Å². The number of aromatic amines is 1. The Kier molecular flexibility index (Phi) is 3.03. The van der Waals surface area contributed by atoms with Crippen molar-refractivity contribution in [3.8, 4) is 11.3 Å². The molecular formula is C20H15N3O3. The Morgan fingerprint density at radius 1 is 1.15 bits per heavy atom. The smallest absolute Gasteiger partial charge is 0.356 e. The van der Waals surface area contributed by atoms with Gasteiger partial charge in [0.2, 0.25) is 0 Å². The van der Waals surface area contributed by atoms with Crippen LogP contribution < -0.4 is 5.56 Å². The van der Waals surface area contributed by atoms with Gasteiger partial charge in [-0.05, 0) is 35.6 Å². The Balaban J connectivity index is 1.74. The van der Waals surface area contributed by atoms with Crippen LogP contribution in [0.2, 0.25) is 0 Å². The van der Waals surface area contributed by atoms with E-state index in [0.29, 0.717) is 16.8 Å². The van der Waals surface area contributed by atoms with E-state index in [-0.39, 0.29) is 17.2 Å². The summed E-state index contributed by atoms with van der Waals surface area (Å²) >= 11 is 0. The zero-order chi connectivity index (χ0) is 17.8. The molecule has 2 aromatic carbocycles. The third kappa shape index (κ3) is 2.23. The van der Waals surface area contributed by atoms with E-state index in [0.717, 1.165) is 29.2 Å². The molecule has 0 aliphatic heterocycles. The summed E-state index contributed by atoms with van der Waals surface area (Å²) in [5.41, 5.74) is 2.03. The second-order valence-corrected chi connectivity index (χ2v) is 6.69. The van der Waals surface area contributed by atoms with Gasteiger partial charge in [-0.25, -0.2) is 9.31 Å². The maximum atomic E-state index is 12.7. The first-order chi connectivity index (χ1) is 12.6. The molecule has 6 nitrogen and oxygen atoms in total. The van der Waals surface area contributed by atoms with Crippen molar-refractivity contribution in [3.05, 3.63) is 70.3 Å². The highest BCUT2D eigenvalue weighted by atomic mass is 16.4. The second-order valence-electron chi connectivity index (χ2n) is 6.69. The number of rotatable bonds is 3. The fourth-order valence-corrected chi connectivity index (χ4v) is 3.52. The van der Waals surface area contributed by atoms with Crippen molar-refractivity contribution < 1.29 is 9.90 Å². The van der Waals surface area contributed by atoms with Gasteiger partial charge in [-0.15, -0.1) is 0 Å². The lowest BCUT2D eigenvalue weighted by Crippen LogP contribution is -2.12. The summed E-state index contributed by atoms with van der Waals surface area (Å²) in [5, 5.41) is 15.8. The summed E-state index contributed by atoms with van der Waals surface area (Å²) < 4.78 is 1.42. The van der Waals surface area contributed by atoms with Crippen LogP contribution in [0.3, 0.4) is 0 Å². The molecule has 4 aromatic rings. The summed E-state index contributed by atoms with van der Waals surface area (Å²) in [6.45, 7) is 0. The van der Waals surface area contributed by atoms with Gasteiger partial charge in [0.15, 0.2) is 5.69 Å². The molecule has 5 rings (SSSR count). The van der Waals surface area contributed by atoms with Crippen LogP contribution in [0.15, 0.2) is 53.5 Å². The van der Waals surface area contributed by atoms with Crippen molar-refractivity contribution in [1.82, 2.24) is 14.6 Å². The third-order valence-corrected chi connectivity index (χ3v) is 4.91. The molecule has 1 saturated carbocycles. The maximum Gasteiger partial charge on any atom is 0.356 e. The summed E-state index contributed by atoms with van der Waals surface area (Å²) in [6, 6.07) is 13.9. The molecule has 0 unspecified atom stereocenters. The maximum absolute atomic E-state index is 12.7. The number of nitrogens with one attached hydrogen (secondary N) is 1. The number of aromatic nitrogens is 3. The van der Waals surface area contributed by atoms with Crippen LogP contribution in [0.4, 0.5) is 0 Å². The lowest BCUT2D eigenvalue weighted by Gasteiger charge is -2.05. The molecule has 2 heterocycles. The van der Waals surface area contributed by atoms with Crippen molar-refractivity contribution in [2.24, 2.45) is 0 Å². The molecule has 0 atom stereocenters. The van der Waals surface area contributed by atoms with Crippen molar-refractivity contribution >= 4 is 22.3 Å². The summed E-state index contributed by atoms with van der Waals surface area (Å²) in [7, 11) is 0. The van der Waals surface area contributed by atoms with Crippen molar-refractivity contribution in [2.75, 3.05) is 0 Å². The first kappa shape index (κ1) is 14.9. The Morgan fingerprint density at radius 2 is 1.92 bits per heavy atom. The van der Waals surface area contributed by atoms with Crippen molar-refractivity contribution in [1.29, 1.82) is 0 Å². The van der Waals surface area contributed by atoms with Gasteiger partial charge >= 0.3 is 5.97 Å². The quantitative estimate of drug-likeness (QED) is 0.595. The van der Waals surface area contributed by atoms with Crippen LogP contribution in [0.25, 0.3) is 27.5 Å². The molecule has 0 amide bonds. The van der Waals surface area contributed by atoms with Crippen molar-refractivity contribution in [2.45, 2.75) is 18.8 Å². The van der Waals surface area contributed by atoms with E-state index in [2.05, 4.69) is 10.1 Å². The number of fused-ring (bicyclic) bond motifs is 2. The Bertz CT molecular complexity index is 1250. The predicted molar refractivity (Wildman–Crippen MR) is 97.7 cm³/mol. The zero-order valence-electron chi connectivity index (χ0n) is 13.8.